The van der Waals surface area contributed by atoms with Gasteiger partial charge in [0.05, 0.1) is 18.6 Å². The molecular weight excluding hydrogens is 456 g/mol. The highest BCUT2D eigenvalue weighted by atomic mass is 35.5. The first-order chi connectivity index (χ1) is 16.2. The smallest absolute Gasteiger partial charge is 0.303 e. The molecule has 34 heavy (non-hydrogen) atoms. The van der Waals surface area contributed by atoms with E-state index in [2.05, 4.69) is 10.2 Å². The number of aliphatic hydroxyl groups is 1. The number of nitrogens with zero attached hydrogens (tertiary/aromatic N) is 1. The second-order valence-corrected chi connectivity index (χ2v) is 9.21. The standard InChI is InChI=1S/C26H31ClN2O5/c27-21-7-5-20(6-8-21)26(34)13-16-29(17-14-26)15-1-2-24(31)19-3-9-22(10-4-19)28-18-23(30)11-12-25(32)33/h3-10,28,34H,1-2,11-18H2,(H,32,33). The minimum Gasteiger partial charge on any atom is -0.481 e. The van der Waals surface area contributed by atoms with E-state index in [1.54, 1.807) is 36.4 Å². The highest BCUT2D eigenvalue weighted by Gasteiger charge is 2.33. The maximum atomic E-state index is 12.5. The first kappa shape index (κ1) is 25.9. The number of nitrogens with one attached hydrogen (secondary N) is 1. The molecule has 0 atom stereocenters. The van der Waals surface area contributed by atoms with Crippen LogP contribution in [0, 0.1) is 0 Å². The lowest BCUT2D eigenvalue weighted by Crippen LogP contribution is -2.42. The van der Waals surface area contributed by atoms with Crippen molar-refractivity contribution in [1.82, 2.24) is 4.90 Å². The summed E-state index contributed by atoms with van der Waals surface area (Å²) in [6, 6.07) is 14.3. The van der Waals surface area contributed by atoms with Crippen LogP contribution in [0.4, 0.5) is 5.69 Å². The Kier molecular flexibility index (Phi) is 9.21. The summed E-state index contributed by atoms with van der Waals surface area (Å²) in [5, 5.41) is 23.2. The van der Waals surface area contributed by atoms with Gasteiger partial charge in [-0.1, -0.05) is 23.7 Å². The van der Waals surface area contributed by atoms with E-state index in [4.69, 9.17) is 16.7 Å². The molecule has 2 aromatic carbocycles. The maximum Gasteiger partial charge on any atom is 0.303 e. The van der Waals surface area contributed by atoms with Gasteiger partial charge in [-0.05, 0) is 67.8 Å². The molecule has 0 unspecified atom stereocenters. The van der Waals surface area contributed by atoms with Gasteiger partial charge in [0.2, 0.25) is 0 Å². The number of anilines is 1. The van der Waals surface area contributed by atoms with Gasteiger partial charge in [0.1, 0.15) is 0 Å². The summed E-state index contributed by atoms with van der Waals surface area (Å²) >= 11 is 5.95. The Labute approximate surface area is 204 Å². The largest absolute Gasteiger partial charge is 0.481 e. The molecule has 2 aromatic rings. The van der Waals surface area contributed by atoms with Crippen molar-refractivity contribution in [3.8, 4) is 0 Å². The first-order valence-electron chi connectivity index (χ1n) is 11.6. The van der Waals surface area contributed by atoms with Gasteiger partial charge in [-0.2, -0.15) is 0 Å². The summed E-state index contributed by atoms with van der Waals surface area (Å²) in [7, 11) is 0. The zero-order valence-corrected chi connectivity index (χ0v) is 19.9. The lowest BCUT2D eigenvalue weighted by Gasteiger charge is -2.38. The van der Waals surface area contributed by atoms with Gasteiger partial charge in [0.25, 0.3) is 0 Å². The number of hydrogen-bond donors (Lipinski definition) is 3. The molecule has 3 rings (SSSR count). The number of halogens is 1. The third kappa shape index (κ3) is 7.65. The molecule has 0 aromatic heterocycles. The van der Waals surface area contributed by atoms with E-state index >= 15 is 0 Å². The van der Waals surface area contributed by atoms with Crippen LogP contribution in [0.1, 0.15) is 54.4 Å². The summed E-state index contributed by atoms with van der Waals surface area (Å²) in [6.07, 6.45) is 2.31. The molecule has 0 radical (unpaired) electrons. The van der Waals surface area contributed by atoms with E-state index in [-0.39, 0.29) is 31.0 Å². The maximum absolute atomic E-state index is 12.5. The van der Waals surface area contributed by atoms with Crippen molar-refractivity contribution in [2.24, 2.45) is 0 Å². The number of carbonyl (C=O) groups is 3. The number of hydrogen-bond acceptors (Lipinski definition) is 6. The quantitative estimate of drug-likeness (QED) is 0.387. The fourth-order valence-corrected chi connectivity index (χ4v) is 4.24. The third-order valence-electron chi connectivity index (χ3n) is 6.26. The normalized spacial score (nSPS) is 15.6. The van der Waals surface area contributed by atoms with Crippen LogP contribution in [0.25, 0.3) is 0 Å². The molecule has 0 bridgehead atoms. The minimum absolute atomic E-state index is 0.00363. The number of likely N-dealkylation sites (tertiary alicyclic amines) is 1. The monoisotopic (exact) mass is 486 g/mol. The molecule has 3 N–H and O–H groups in total. The summed E-state index contributed by atoms with van der Waals surface area (Å²) in [4.78, 5) is 37.0. The van der Waals surface area contributed by atoms with Crippen molar-refractivity contribution < 1.29 is 24.6 Å². The molecule has 7 nitrogen and oxygen atoms in total. The highest BCUT2D eigenvalue weighted by molar-refractivity contribution is 6.30. The average molecular weight is 487 g/mol. The predicted molar refractivity (Wildman–Crippen MR) is 131 cm³/mol. The Morgan fingerprint density at radius 3 is 2.21 bits per heavy atom. The van der Waals surface area contributed by atoms with Crippen molar-refractivity contribution >= 4 is 34.8 Å². The van der Waals surface area contributed by atoms with Gasteiger partial charge >= 0.3 is 5.97 Å². The van der Waals surface area contributed by atoms with Crippen LogP contribution in [-0.4, -0.2) is 58.8 Å². The molecule has 182 valence electrons. The highest BCUT2D eigenvalue weighted by Crippen LogP contribution is 2.33. The van der Waals surface area contributed by atoms with E-state index in [1.165, 1.54) is 0 Å². The van der Waals surface area contributed by atoms with Gasteiger partial charge in [0, 0.05) is 42.2 Å². The Bertz CT molecular complexity index is 983. The molecule has 1 saturated heterocycles. The van der Waals surface area contributed by atoms with Gasteiger partial charge in [-0.15, -0.1) is 0 Å². The van der Waals surface area contributed by atoms with Crippen LogP contribution in [-0.2, 0) is 15.2 Å². The number of carbonyl (C=O) groups excluding carboxylic acids is 2. The van der Waals surface area contributed by atoms with Crippen LogP contribution in [0.2, 0.25) is 5.02 Å². The lowest BCUT2D eigenvalue weighted by molar-refractivity contribution is -0.138. The molecule has 0 amide bonds. The Morgan fingerprint density at radius 2 is 1.59 bits per heavy atom. The zero-order chi connectivity index (χ0) is 24.6. The zero-order valence-electron chi connectivity index (χ0n) is 19.1. The van der Waals surface area contributed by atoms with Crippen LogP contribution in [0.5, 0.6) is 0 Å². The Hall–Kier alpha value is -2.74. The van der Waals surface area contributed by atoms with Gasteiger partial charge in [0.15, 0.2) is 11.6 Å². The molecule has 1 fully saturated rings. The van der Waals surface area contributed by atoms with Crippen molar-refractivity contribution in [3.05, 3.63) is 64.7 Å². The van der Waals surface area contributed by atoms with Crippen molar-refractivity contribution in [3.63, 3.8) is 0 Å². The summed E-state index contributed by atoms with van der Waals surface area (Å²) in [5.74, 6) is -1.10. The van der Waals surface area contributed by atoms with E-state index in [0.717, 1.165) is 31.6 Å². The van der Waals surface area contributed by atoms with Crippen molar-refractivity contribution in [2.45, 2.75) is 44.1 Å². The molecule has 8 heteroatoms. The fraction of sp³-hybridized carbons (Fsp3) is 0.423. The second-order valence-electron chi connectivity index (χ2n) is 8.77. The van der Waals surface area contributed by atoms with Crippen LogP contribution in [0.15, 0.2) is 48.5 Å². The number of carboxylic acids is 1. The van der Waals surface area contributed by atoms with Gasteiger partial charge < -0.3 is 20.4 Å². The summed E-state index contributed by atoms with van der Waals surface area (Å²) in [6.45, 7) is 2.42. The molecule has 1 aliphatic heterocycles. The summed E-state index contributed by atoms with van der Waals surface area (Å²) in [5.41, 5.74) is 1.41. The van der Waals surface area contributed by atoms with E-state index in [9.17, 15) is 19.5 Å². The first-order valence-corrected chi connectivity index (χ1v) is 11.9. The minimum atomic E-state index is -0.990. The van der Waals surface area contributed by atoms with Crippen molar-refractivity contribution in [1.29, 1.82) is 0 Å². The topological polar surface area (TPSA) is 107 Å². The SMILES string of the molecule is O=C(O)CCC(=O)CNc1ccc(C(=O)CCCN2CCC(O)(c3ccc(Cl)cc3)CC2)cc1. The Balaban J connectivity index is 1.37. The van der Waals surface area contributed by atoms with Crippen LogP contribution in [0.3, 0.4) is 0 Å². The number of benzene rings is 2. The van der Waals surface area contributed by atoms with E-state index < -0.39 is 11.6 Å². The lowest BCUT2D eigenvalue weighted by atomic mass is 9.84. The summed E-state index contributed by atoms with van der Waals surface area (Å²) < 4.78 is 0. The average Bonchev–Trinajstić information content (AvgIpc) is 2.83. The predicted octanol–water partition coefficient (Wildman–Crippen LogP) is 4.13. The van der Waals surface area contributed by atoms with Crippen LogP contribution >= 0.6 is 11.6 Å². The third-order valence-corrected chi connectivity index (χ3v) is 6.51. The Morgan fingerprint density at radius 1 is 0.941 bits per heavy atom. The molecule has 0 saturated carbocycles. The second kappa shape index (κ2) is 12.1. The van der Waals surface area contributed by atoms with Gasteiger partial charge in [-0.3, -0.25) is 14.4 Å². The van der Waals surface area contributed by atoms with Crippen LogP contribution < -0.4 is 5.32 Å². The number of carboxylic acid groups (broad SMARTS) is 1. The molecule has 1 aliphatic rings. The van der Waals surface area contributed by atoms with E-state index in [0.29, 0.717) is 35.5 Å². The molecule has 0 aliphatic carbocycles. The molecule has 1 heterocycles. The number of piperidine rings is 1. The molecular formula is C26H31ClN2O5. The fourth-order valence-electron chi connectivity index (χ4n) is 4.11. The number of aliphatic carboxylic acids is 1. The number of Topliss-reactive ketones (excluding diaryl/α,β-unsaturated/α-hetero) is 2. The number of ketones is 2. The number of rotatable bonds is 12. The van der Waals surface area contributed by atoms with Crippen molar-refractivity contribution in [2.75, 3.05) is 31.5 Å². The van der Waals surface area contributed by atoms with Gasteiger partial charge in [-0.25, -0.2) is 0 Å². The van der Waals surface area contributed by atoms with E-state index in [1.807, 2.05) is 12.1 Å². The molecule has 0 spiro atoms.